The van der Waals surface area contributed by atoms with E-state index in [0.29, 0.717) is 12.1 Å². The van der Waals surface area contributed by atoms with Gasteiger partial charge in [-0.2, -0.15) is 0 Å². The summed E-state index contributed by atoms with van der Waals surface area (Å²) < 4.78 is 7.77. The van der Waals surface area contributed by atoms with Crippen molar-refractivity contribution >= 4 is 0 Å². The Morgan fingerprint density at radius 2 is 1.88 bits per heavy atom. The third-order valence-corrected chi connectivity index (χ3v) is 2.33. The summed E-state index contributed by atoms with van der Waals surface area (Å²) in [5.41, 5.74) is 0.972. The first kappa shape index (κ1) is 10.7. The fourth-order valence-electron chi connectivity index (χ4n) is 1.53. The molecule has 0 bridgehead atoms. The molecule has 0 spiro atoms. The maximum absolute atomic E-state index is 5.74. The fourth-order valence-corrected chi connectivity index (χ4v) is 1.53. The van der Waals surface area contributed by atoms with Gasteiger partial charge in [0.25, 0.3) is 0 Å². The van der Waals surface area contributed by atoms with Crippen molar-refractivity contribution in [3.05, 3.63) is 42.2 Å². The predicted octanol–water partition coefficient (Wildman–Crippen LogP) is 3.56. The highest BCUT2D eigenvalue weighted by atomic mass is 16.5. The van der Waals surface area contributed by atoms with Crippen LogP contribution in [0.4, 0.5) is 0 Å². The third kappa shape index (κ3) is 2.24. The van der Waals surface area contributed by atoms with Crippen LogP contribution in [-0.4, -0.2) is 9.55 Å². The molecule has 0 amide bonds. The number of ether oxygens (including phenoxy) is 1. The largest absolute Gasteiger partial charge is 0.426 e. The van der Waals surface area contributed by atoms with Crippen molar-refractivity contribution in [2.45, 2.75) is 26.8 Å². The minimum atomic E-state index is 0.347. The van der Waals surface area contributed by atoms with Crippen LogP contribution in [0.15, 0.2) is 36.5 Å². The van der Waals surface area contributed by atoms with Gasteiger partial charge in [-0.25, -0.2) is 4.98 Å². The zero-order chi connectivity index (χ0) is 11.5. The van der Waals surface area contributed by atoms with Gasteiger partial charge in [-0.15, -0.1) is 0 Å². The van der Waals surface area contributed by atoms with Crippen LogP contribution in [0.25, 0.3) is 0 Å². The van der Waals surface area contributed by atoms with Crippen LogP contribution < -0.4 is 4.74 Å². The fraction of sp³-hybridized carbons (Fsp3) is 0.308. The van der Waals surface area contributed by atoms with Crippen LogP contribution in [0, 0.1) is 6.92 Å². The number of para-hydroxylation sites is 1. The van der Waals surface area contributed by atoms with Crippen molar-refractivity contribution in [2.24, 2.45) is 0 Å². The van der Waals surface area contributed by atoms with Gasteiger partial charge in [-0.05, 0) is 32.9 Å². The van der Waals surface area contributed by atoms with E-state index in [-0.39, 0.29) is 0 Å². The van der Waals surface area contributed by atoms with E-state index in [4.69, 9.17) is 4.74 Å². The van der Waals surface area contributed by atoms with Crippen molar-refractivity contribution in [1.29, 1.82) is 0 Å². The van der Waals surface area contributed by atoms with Gasteiger partial charge in [-0.3, -0.25) is 4.57 Å². The van der Waals surface area contributed by atoms with E-state index in [9.17, 15) is 0 Å². The van der Waals surface area contributed by atoms with E-state index in [1.165, 1.54) is 0 Å². The molecule has 84 valence electrons. The Labute approximate surface area is 95.7 Å². The summed E-state index contributed by atoms with van der Waals surface area (Å²) in [5.74, 6) is 0.815. The molecule has 0 saturated carbocycles. The highest BCUT2D eigenvalue weighted by Gasteiger charge is 2.10. The lowest BCUT2D eigenvalue weighted by atomic mass is 10.3. The van der Waals surface area contributed by atoms with Gasteiger partial charge in [0.05, 0.1) is 5.69 Å². The summed E-state index contributed by atoms with van der Waals surface area (Å²) >= 11 is 0. The van der Waals surface area contributed by atoms with Gasteiger partial charge < -0.3 is 4.74 Å². The molecule has 0 aliphatic rings. The van der Waals surface area contributed by atoms with E-state index < -0.39 is 0 Å². The maximum atomic E-state index is 5.74. The maximum Gasteiger partial charge on any atom is 0.302 e. The molecule has 0 atom stereocenters. The van der Waals surface area contributed by atoms with Crippen LogP contribution in [0.2, 0.25) is 0 Å². The molecule has 0 unspecified atom stereocenters. The minimum Gasteiger partial charge on any atom is -0.426 e. The van der Waals surface area contributed by atoms with Gasteiger partial charge >= 0.3 is 6.01 Å². The minimum absolute atomic E-state index is 0.347. The number of benzene rings is 1. The molecule has 0 aliphatic heterocycles. The summed E-state index contributed by atoms with van der Waals surface area (Å²) in [6.07, 6.45) is 2.00. The van der Waals surface area contributed by atoms with Gasteiger partial charge in [0.2, 0.25) is 0 Å². The molecule has 3 nitrogen and oxygen atoms in total. The first-order valence-electron chi connectivity index (χ1n) is 5.45. The zero-order valence-corrected chi connectivity index (χ0v) is 9.84. The number of aryl methyl sites for hydroxylation is 1. The molecule has 0 aliphatic carbocycles. The molecule has 0 radical (unpaired) electrons. The normalized spacial score (nSPS) is 10.8. The molecular weight excluding hydrogens is 200 g/mol. The average molecular weight is 216 g/mol. The summed E-state index contributed by atoms with van der Waals surface area (Å²) in [4.78, 5) is 4.37. The second-order valence-corrected chi connectivity index (χ2v) is 4.08. The van der Waals surface area contributed by atoms with Gasteiger partial charge in [0.1, 0.15) is 5.75 Å². The zero-order valence-electron chi connectivity index (χ0n) is 9.84. The van der Waals surface area contributed by atoms with Crippen molar-refractivity contribution in [3.8, 4) is 11.8 Å². The summed E-state index contributed by atoms with van der Waals surface area (Å²) in [7, 11) is 0. The molecule has 2 rings (SSSR count). The van der Waals surface area contributed by atoms with Crippen LogP contribution in [0.1, 0.15) is 25.6 Å². The van der Waals surface area contributed by atoms with Crippen molar-refractivity contribution in [3.63, 3.8) is 0 Å². The molecule has 1 aromatic heterocycles. The number of imidazole rings is 1. The molecule has 1 aromatic carbocycles. The number of hydrogen-bond donors (Lipinski definition) is 0. The molecule has 16 heavy (non-hydrogen) atoms. The van der Waals surface area contributed by atoms with Crippen molar-refractivity contribution in [2.75, 3.05) is 0 Å². The van der Waals surface area contributed by atoms with E-state index in [1.54, 1.807) is 0 Å². The standard InChI is InChI=1S/C13H16N2O/c1-10(2)15-9-11(3)14-13(15)16-12-7-5-4-6-8-12/h4-10H,1-3H3. The SMILES string of the molecule is Cc1cn(C(C)C)c(Oc2ccccc2)n1. The Morgan fingerprint density at radius 3 is 2.50 bits per heavy atom. The molecule has 0 saturated heterocycles. The van der Waals surface area contributed by atoms with E-state index in [1.807, 2.05) is 48.0 Å². The smallest absolute Gasteiger partial charge is 0.302 e. The first-order chi connectivity index (χ1) is 7.66. The Kier molecular flexibility index (Phi) is 2.95. The predicted molar refractivity (Wildman–Crippen MR) is 63.9 cm³/mol. The van der Waals surface area contributed by atoms with Crippen molar-refractivity contribution < 1.29 is 4.74 Å². The van der Waals surface area contributed by atoms with Crippen molar-refractivity contribution in [1.82, 2.24) is 9.55 Å². The molecule has 0 fully saturated rings. The monoisotopic (exact) mass is 216 g/mol. The molecular formula is C13H16N2O. The average Bonchev–Trinajstić information content (AvgIpc) is 2.61. The first-order valence-corrected chi connectivity index (χ1v) is 5.45. The molecule has 2 aromatic rings. The topological polar surface area (TPSA) is 27.1 Å². The second kappa shape index (κ2) is 4.39. The quantitative estimate of drug-likeness (QED) is 0.784. The summed E-state index contributed by atoms with van der Waals surface area (Å²) in [6.45, 7) is 6.19. The second-order valence-electron chi connectivity index (χ2n) is 4.08. The highest BCUT2D eigenvalue weighted by Crippen LogP contribution is 2.23. The number of nitrogens with zero attached hydrogens (tertiary/aromatic N) is 2. The Morgan fingerprint density at radius 1 is 1.19 bits per heavy atom. The van der Waals surface area contributed by atoms with Crippen LogP contribution in [0.5, 0.6) is 11.8 Å². The number of rotatable bonds is 3. The molecule has 1 heterocycles. The summed E-state index contributed by atoms with van der Waals surface area (Å²) in [6, 6.07) is 10.7. The van der Waals surface area contributed by atoms with Crippen LogP contribution in [0.3, 0.4) is 0 Å². The lowest BCUT2D eigenvalue weighted by Crippen LogP contribution is -2.01. The van der Waals surface area contributed by atoms with Gasteiger partial charge in [-0.1, -0.05) is 18.2 Å². The highest BCUT2D eigenvalue weighted by molar-refractivity contribution is 5.25. The van der Waals surface area contributed by atoms with E-state index >= 15 is 0 Å². The third-order valence-electron chi connectivity index (χ3n) is 2.33. The van der Waals surface area contributed by atoms with E-state index in [0.717, 1.165) is 11.4 Å². The lowest BCUT2D eigenvalue weighted by Gasteiger charge is -2.11. The molecule has 0 N–H and O–H groups in total. The number of aromatic nitrogens is 2. The Hall–Kier alpha value is -1.77. The Balaban J connectivity index is 2.28. The van der Waals surface area contributed by atoms with E-state index in [2.05, 4.69) is 18.8 Å². The molecule has 3 heteroatoms. The Bertz CT molecular complexity index is 460. The summed E-state index contributed by atoms with van der Waals surface area (Å²) in [5, 5.41) is 0. The lowest BCUT2D eigenvalue weighted by molar-refractivity contribution is 0.395. The van der Waals surface area contributed by atoms with Crippen LogP contribution >= 0.6 is 0 Å². The van der Waals surface area contributed by atoms with Gasteiger partial charge in [0, 0.05) is 12.2 Å². The van der Waals surface area contributed by atoms with Crippen LogP contribution in [-0.2, 0) is 0 Å². The number of hydrogen-bond acceptors (Lipinski definition) is 2. The van der Waals surface area contributed by atoms with Gasteiger partial charge in [0.15, 0.2) is 0 Å².